The van der Waals surface area contributed by atoms with Gasteiger partial charge in [0.1, 0.15) is 17.1 Å². The molecule has 2 aliphatic heterocycles. The molecule has 5 heterocycles. The fourth-order valence-corrected chi connectivity index (χ4v) is 8.01. The third kappa shape index (κ3) is 7.91. The molecule has 2 saturated heterocycles. The number of aliphatic hydroxyl groups is 1. The number of alkyl halides is 2. The minimum Gasteiger partial charge on any atom is -0.481 e. The number of fused-ring (bicyclic) bond motifs is 2. The monoisotopic (exact) mass is 785 g/mol. The smallest absolute Gasteiger partial charge is 0.306 e. The van der Waals surface area contributed by atoms with E-state index in [2.05, 4.69) is 41.0 Å². The third-order valence-corrected chi connectivity index (χ3v) is 11.1. The van der Waals surface area contributed by atoms with E-state index in [0.717, 1.165) is 38.9 Å². The summed E-state index contributed by atoms with van der Waals surface area (Å²) in [5.41, 5.74) is 7.38. The van der Waals surface area contributed by atoms with E-state index in [0.29, 0.717) is 86.8 Å². The number of β-amino-alcohol motifs (C(OH)–C–C–N with tert-alkyl or cyclic N) is 1. The lowest BCUT2D eigenvalue weighted by atomic mass is 9.93. The van der Waals surface area contributed by atoms with Crippen LogP contribution in [0.4, 0.5) is 20.3 Å². The van der Waals surface area contributed by atoms with Crippen LogP contribution in [0.25, 0.3) is 44.7 Å². The fourth-order valence-electron chi connectivity index (χ4n) is 8.01. The van der Waals surface area contributed by atoms with Crippen LogP contribution in [0.15, 0.2) is 75.4 Å². The van der Waals surface area contributed by atoms with Gasteiger partial charge in [-0.1, -0.05) is 24.3 Å². The molecular formula is C43H41F2N9O4. The quantitative estimate of drug-likeness (QED) is 0.127. The highest BCUT2D eigenvalue weighted by Crippen LogP contribution is 2.38. The van der Waals surface area contributed by atoms with Gasteiger partial charge in [0, 0.05) is 37.9 Å². The second-order valence-corrected chi connectivity index (χ2v) is 15.5. The molecule has 2 fully saturated rings. The maximum atomic E-state index is 14.0. The van der Waals surface area contributed by atoms with Gasteiger partial charge in [0.15, 0.2) is 11.4 Å². The molecule has 6 aromatic rings. The molecule has 0 bridgehead atoms. The number of aliphatic carboxylic acids is 1. The third-order valence-electron chi connectivity index (χ3n) is 11.1. The van der Waals surface area contributed by atoms with Gasteiger partial charge < -0.3 is 14.6 Å². The van der Waals surface area contributed by atoms with Gasteiger partial charge in [0.2, 0.25) is 11.7 Å². The highest BCUT2D eigenvalue weighted by Gasteiger charge is 2.31. The Kier molecular flexibility index (Phi) is 10.5. The number of nitriles is 1. The maximum absolute atomic E-state index is 14.0. The van der Waals surface area contributed by atoms with Crippen molar-refractivity contribution in [2.45, 2.75) is 65.1 Å². The van der Waals surface area contributed by atoms with Crippen LogP contribution in [-0.2, 0) is 17.9 Å². The van der Waals surface area contributed by atoms with Crippen molar-refractivity contribution in [3.63, 3.8) is 0 Å². The number of nitrogens with zero attached hydrogens (tertiary/aromatic N) is 9. The van der Waals surface area contributed by atoms with Crippen molar-refractivity contribution in [1.29, 1.82) is 5.26 Å². The highest BCUT2D eigenvalue weighted by molar-refractivity contribution is 5.86. The number of piperidine rings is 1. The number of hydrogen-bond donors (Lipinski definition) is 2. The van der Waals surface area contributed by atoms with Gasteiger partial charge in [-0.3, -0.25) is 19.6 Å². The number of pyridine rings is 1. The molecule has 296 valence electrons. The van der Waals surface area contributed by atoms with Crippen LogP contribution in [0, 0.1) is 31.1 Å². The maximum Gasteiger partial charge on any atom is 0.306 e. The number of aromatic nitrogens is 4. The Labute approximate surface area is 332 Å². The molecule has 0 amide bonds. The number of oxazole rings is 1. The molecule has 58 heavy (non-hydrogen) atoms. The number of hydrogen-bond acceptors (Lipinski definition) is 12. The summed E-state index contributed by atoms with van der Waals surface area (Å²) in [6.07, 6.45) is 0.535. The lowest BCUT2D eigenvalue weighted by molar-refractivity contribution is -0.143. The molecule has 2 N–H and O–H groups in total. The van der Waals surface area contributed by atoms with Crippen LogP contribution in [0.2, 0.25) is 0 Å². The number of halogens is 2. The van der Waals surface area contributed by atoms with Crippen LogP contribution < -0.4 is 0 Å². The van der Waals surface area contributed by atoms with Crippen molar-refractivity contribution < 1.29 is 28.2 Å². The number of rotatable bonds is 10. The van der Waals surface area contributed by atoms with Gasteiger partial charge >= 0.3 is 5.97 Å². The summed E-state index contributed by atoms with van der Waals surface area (Å²) in [6, 6.07) is 19.1. The van der Waals surface area contributed by atoms with Gasteiger partial charge in [0.25, 0.3) is 6.43 Å². The minimum atomic E-state index is -2.93. The number of likely N-dealkylation sites (tertiary alicyclic amines) is 2. The zero-order chi connectivity index (χ0) is 40.7. The van der Waals surface area contributed by atoms with Gasteiger partial charge in [-0.05, 0) is 117 Å². The summed E-state index contributed by atoms with van der Waals surface area (Å²) >= 11 is 0. The zero-order valence-electron chi connectivity index (χ0n) is 32.3. The van der Waals surface area contributed by atoms with Gasteiger partial charge in [-0.25, -0.2) is 23.7 Å². The van der Waals surface area contributed by atoms with E-state index in [9.17, 15) is 29.1 Å². The fraction of sp³-hybridized carbons (Fsp3) is 0.349. The molecule has 13 nitrogen and oxygen atoms in total. The first-order valence-electron chi connectivity index (χ1n) is 19.2. The standard InChI is InChI=1S/C43H41F2N9O4/c1-24-30(6-4-8-32(24)41-49-35-17-26(16-29(19-46)37(35)58-41)21-53-13-10-28(11-14-53)42(55)56)31-7-5-9-33(25(31)2)51-52-39-36-34(48-40(50-39)38(44)45)18-27(20-47-36)22-54-15-12-43(3,57)23-54/h4-9,16-18,20,28,38,57H,10-15,21-23H2,1-3H3,(H,55,56). The largest absolute Gasteiger partial charge is 0.481 e. The van der Waals surface area contributed by atoms with E-state index in [1.54, 1.807) is 25.3 Å². The summed E-state index contributed by atoms with van der Waals surface area (Å²) in [7, 11) is 0. The first kappa shape index (κ1) is 38.8. The molecule has 1 unspecified atom stereocenters. The molecule has 0 aliphatic carbocycles. The Morgan fingerprint density at radius 3 is 2.36 bits per heavy atom. The SMILES string of the molecule is Cc1c(N=Nc2nc(C(F)F)nc3cc(CN4CCC(C)(O)C4)cnc23)cccc1-c1cccc(-c2nc3cc(CN4CCC(C(=O)O)CC4)cc(C#N)c3o2)c1C. The topological polar surface area (TPSA) is 177 Å². The van der Waals surface area contributed by atoms with Crippen molar-refractivity contribution in [2.75, 3.05) is 26.2 Å². The normalized spacial score (nSPS) is 18.2. The van der Waals surface area contributed by atoms with Crippen LogP contribution in [0.5, 0.6) is 0 Å². The zero-order valence-corrected chi connectivity index (χ0v) is 32.3. The molecule has 2 aliphatic rings. The van der Waals surface area contributed by atoms with Gasteiger partial charge in [-0.2, -0.15) is 5.26 Å². The number of carbonyl (C=O) groups is 1. The van der Waals surface area contributed by atoms with E-state index in [-0.39, 0.29) is 22.8 Å². The molecule has 0 saturated carbocycles. The molecular weight excluding hydrogens is 745 g/mol. The average Bonchev–Trinajstić information content (AvgIpc) is 3.79. The van der Waals surface area contributed by atoms with E-state index >= 15 is 0 Å². The van der Waals surface area contributed by atoms with E-state index in [1.807, 2.05) is 56.3 Å². The Hall–Kier alpha value is -6.08. The molecule has 8 rings (SSSR count). The number of carboxylic acids is 1. The molecule has 3 aromatic carbocycles. The van der Waals surface area contributed by atoms with Crippen LogP contribution >= 0.6 is 0 Å². The molecule has 15 heteroatoms. The number of benzene rings is 3. The number of azo groups is 1. The van der Waals surface area contributed by atoms with Gasteiger partial charge in [-0.15, -0.1) is 10.2 Å². The van der Waals surface area contributed by atoms with Crippen molar-refractivity contribution in [3.8, 4) is 28.7 Å². The Balaban J connectivity index is 1.07. The van der Waals surface area contributed by atoms with Crippen molar-refractivity contribution >= 4 is 39.6 Å². The Morgan fingerprint density at radius 1 is 0.948 bits per heavy atom. The molecule has 1 atom stereocenters. The summed E-state index contributed by atoms with van der Waals surface area (Å²) in [5, 5.41) is 38.6. The van der Waals surface area contributed by atoms with Crippen molar-refractivity contribution in [2.24, 2.45) is 16.1 Å². The first-order valence-corrected chi connectivity index (χ1v) is 19.2. The lowest BCUT2D eigenvalue weighted by Crippen LogP contribution is -2.35. The van der Waals surface area contributed by atoms with Crippen LogP contribution in [0.1, 0.15) is 66.3 Å². The molecule has 0 spiro atoms. The van der Waals surface area contributed by atoms with Gasteiger partial charge in [0.05, 0.1) is 28.3 Å². The predicted molar refractivity (Wildman–Crippen MR) is 212 cm³/mol. The molecule has 3 aromatic heterocycles. The summed E-state index contributed by atoms with van der Waals surface area (Å²) < 4.78 is 34.2. The first-order chi connectivity index (χ1) is 27.9. The van der Waals surface area contributed by atoms with E-state index < -0.39 is 23.8 Å². The molecule has 0 radical (unpaired) electrons. The predicted octanol–water partition coefficient (Wildman–Crippen LogP) is 8.59. The highest BCUT2D eigenvalue weighted by atomic mass is 19.3. The van der Waals surface area contributed by atoms with Crippen LogP contribution in [-0.4, -0.2) is 77.7 Å². The summed E-state index contributed by atoms with van der Waals surface area (Å²) in [5.74, 6) is -1.45. The minimum absolute atomic E-state index is 0.0717. The summed E-state index contributed by atoms with van der Waals surface area (Å²) in [4.78, 5) is 33.1. The van der Waals surface area contributed by atoms with Crippen molar-refractivity contribution in [3.05, 3.63) is 94.4 Å². The second kappa shape index (κ2) is 15.7. The lowest BCUT2D eigenvalue weighted by Gasteiger charge is -2.30. The Bertz CT molecular complexity index is 2630. The summed E-state index contributed by atoms with van der Waals surface area (Å²) in [6.45, 7) is 9.26. The Morgan fingerprint density at radius 2 is 1.66 bits per heavy atom. The number of carboxylic acid groups (broad SMARTS) is 1. The second-order valence-electron chi connectivity index (χ2n) is 15.5. The average molecular weight is 786 g/mol. The van der Waals surface area contributed by atoms with E-state index in [4.69, 9.17) is 9.40 Å². The van der Waals surface area contributed by atoms with E-state index in [1.165, 1.54) is 0 Å². The van der Waals surface area contributed by atoms with Crippen LogP contribution in [0.3, 0.4) is 0 Å². The van der Waals surface area contributed by atoms with Crippen molar-refractivity contribution in [1.82, 2.24) is 29.7 Å².